The molecule has 8 heteroatoms. The lowest BCUT2D eigenvalue weighted by atomic mass is 10.0. The van der Waals surface area contributed by atoms with E-state index in [-0.39, 0.29) is 17.5 Å². The summed E-state index contributed by atoms with van der Waals surface area (Å²) in [5.41, 5.74) is 1.23. The smallest absolute Gasteiger partial charge is 0.273 e. The molecule has 1 saturated heterocycles. The lowest BCUT2D eigenvalue weighted by Gasteiger charge is -2.32. The summed E-state index contributed by atoms with van der Waals surface area (Å²) in [5, 5.41) is 5.90. The van der Waals surface area contributed by atoms with Crippen LogP contribution in [0.3, 0.4) is 0 Å². The number of piperidine rings is 1. The number of carbonyl (C=O) groups excluding carboxylic acids is 2. The molecule has 1 N–H and O–H groups in total. The number of amides is 2. The van der Waals surface area contributed by atoms with Crippen LogP contribution < -0.4 is 5.32 Å². The monoisotopic (exact) mass is 443 g/mol. The first-order valence-electron chi connectivity index (χ1n) is 9.58. The van der Waals surface area contributed by atoms with Gasteiger partial charge in [-0.1, -0.05) is 41.9 Å². The fourth-order valence-electron chi connectivity index (χ4n) is 3.43. The molecule has 4 rings (SSSR count). The molecule has 30 heavy (non-hydrogen) atoms. The maximum absolute atomic E-state index is 13.8. The standard InChI is InChI=1S/C22H19ClFN3O2S/c23-17-7-3-1-5-15(17)21-26-19(13-30-21)22(29)27-11-9-14(10-12-27)25-20(28)16-6-2-4-8-18(16)24/h1-8,13-14H,9-12H2,(H,25,28). The van der Waals surface area contributed by atoms with Crippen LogP contribution in [0.1, 0.15) is 33.7 Å². The zero-order chi connectivity index (χ0) is 21.1. The number of benzene rings is 2. The van der Waals surface area contributed by atoms with Crippen molar-refractivity contribution in [1.29, 1.82) is 0 Å². The third-order valence-electron chi connectivity index (χ3n) is 5.06. The van der Waals surface area contributed by atoms with Crippen LogP contribution in [0.4, 0.5) is 4.39 Å². The minimum atomic E-state index is -0.541. The summed E-state index contributed by atoms with van der Waals surface area (Å²) in [5.74, 6) is -1.11. The number of nitrogens with one attached hydrogen (secondary N) is 1. The van der Waals surface area contributed by atoms with Gasteiger partial charge in [0.05, 0.1) is 10.6 Å². The van der Waals surface area contributed by atoms with E-state index in [9.17, 15) is 14.0 Å². The topological polar surface area (TPSA) is 62.3 Å². The van der Waals surface area contributed by atoms with E-state index in [1.807, 2.05) is 18.2 Å². The van der Waals surface area contributed by atoms with Gasteiger partial charge < -0.3 is 10.2 Å². The lowest BCUT2D eigenvalue weighted by Crippen LogP contribution is -2.46. The van der Waals surface area contributed by atoms with Crippen LogP contribution in [0.5, 0.6) is 0 Å². The first-order chi connectivity index (χ1) is 14.5. The Morgan fingerprint density at radius 2 is 1.80 bits per heavy atom. The van der Waals surface area contributed by atoms with Crippen LogP contribution in [0.2, 0.25) is 5.02 Å². The molecule has 0 bridgehead atoms. The average Bonchev–Trinajstić information content (AvgIpc) is 3.24. The fourth-order valence-corrected chi connectivity index (χ4v) is 4.54. The summed E-state index contributed by atoms with van der Waals surface area (Å²) in [7, 11) is 0. The molecule has 2 heterocycles. The Labute approximate surface area is 182 Å². The van der Waals surface area contributed by atoms with E-state index in [0.717, 1.165) is 5.56 Å². The molecule has 1 aromatic heterocycles. The van der Waals surface area contributed by atoms with Crippen LogP contribution in [0.15, 0.2) is 53.9 Å². The Hall–Kier alpha value is -2.77. The van der Waals surface area contributed by atoms with E-state index >= 15 is 0 Å². The molecule has 0 saturated carbocycles. The van der Waals surface area contributed by atoms with Gasteiger partial charge in [-0.2, -0.15) is 0 Å². The Morgan fingerprint density at radius 3 is 2.53 bits per heavy atom. The molecular formula is C22H19ClFN3O2S. The summed E-state index contributed by atoms with van der Waals surface area (Å²) < 4.78 is 13.8. The van der Waals surface area contributed by atoms with Crippen molar-refractivity contribution in [2.45, 2.75) is 18.9 Å². The average molecular weight is 444 g/mol. The molecule has 0 aliphatic carbocycles. The van der Waals surface area contributed by atoms with Crippen LogP contribution in [-0.4, -0.2) is 40.8 Å². The normalized spacial score (nSPS) is 14.5. The van der Waals surface area contributed by atoms with Crippen LogP contribution >= 0.6 is 22.9 Å². The molecule has 2 amide bonds. The largest absolute Gasteiger partial charge is 0.349 e. The number of rotatable bonds is 4. The summed E-state index contributed by atoms with van der Waals surface area (Å²) in [6.45, 7) is 1.00. The Morgan fingerprint density at radius 1 is 1.10 bits per heavy atom. The number of aromatic nitrogens is 1. The predicted molar refractivity (Wildman–Crippen MR) is 115 cm³/mol. The highest BCUT2D eigenvalue weighted by Crippen LogP contribution is 2.30. The molecule has 5 nitrogen and oxygen atoms in total. The summed E-state index contributed by atoms with van der Waals surface area (Å²) in [6.07, 6.45) is 1.21. The first-order valence-corrected chi connectivity index (χ1v) is 10.8. The van der Waals surface area contributed by atoms with E-state index in [1.54, 1.807) is 28.5 Å². The van der Waals surface area contributed by atoms with Crippen molar-refractivity contribution in [3.05, 3.63) is 76.0 Å². The molecule has 0 atom stereocenters. The van der Waals surface area contributed by atoms with Gasteiger partial charge in [0.1, 0.15) is 16.5 Å². The number of thiazole rings is 1. The van der Waals surface area contributed by atoms with Gasteiger partial charge in [0.25, 0.3) is 11.8 Å². The Bertz CT molecular complexity index is 1080. The molecule has 3 aromatic rings. The molecule has 1 aliphatic heterocycles. The number of nitrogens with zero attached hydrogens (tertiary/aromatic N) is 2. The van der Waals surface area contributed by atoms with Crippen molar-refractivity contribution in [3.8, 4) is 10.6 Å². The van der Waals surface area contributed by atoms with Gasteiger partial charge in [-0.25, -0.2) is 9.37 Å². The van der Waals surface area contributed by atoms with Crippen molar-refractivity contribution in [2.75, 3.05) is 13.1 Å². The number of likely N-dealkylation sites (tertiary alicyclic amines) is 1. The third kappa shape index (κ3) is 4.37. The zero-order valence-electron chi connectivity index (χ0n) is 16.0. The van der Waals surface area contributed by atoms with Crippen molar-refractivity contribution >= 4 is 34.8 Å². The maximum atomic E-state index is 13.8. The van der Waals surface area contributed by atoms with Gasteiger partial charge in [0, 0.05) is 30.1 Å². The van der Waals surface area contributed by atoms with Crippen molar-refractivity contribution in [3.63, 3.8) is 0 Å². The Balaban J connectivity index is 1.35. The number of carbonyl (C=O) groups is 2. The number of halogens is 2. The maximum Gasteiger partial charge on any atom is 0.273 e. The van der Waals surface area contributed by atoms with Gasteiger partial charge in [0.2, 0.25) is 0 Å². The van der Waals surface area contributed by atoms with Gasteiger partial charge in [-0.15, -0.1) is 11.3 Å². The highest BCUT2D eigenvalue weighted by molar-refractivity contribution is 7.13. The zero-order valence-corrected chi connectivity index (χ0v) is 17.5. The molecule has 154 valence electrons. The van der Waals surface area contributed by atoms with Crippen molar-refractivity contribution in [1.82, 2.24) is 15.2 Å². The third-order valence-corrected chi connectivity index (χ3v) is 6.27. The molecule has 1 fully saturated rings. The van der Waals surface area contributed by atoms with Gasteiger partial charge >= 0.3 is 0 Å². The first kappa shape index (κ1) is 20.5. The highest BCUT2D eigenvalue weighted by atomic mass is 35.5. The quantitative estimate of drug-likeness (QED) is 0.639. The molecule has 0 radical (unpaired) electrons. The van der Waals surface area contributed by atoms with Crippen LogP contribution in [-0.2, 0) is 0 Å². The van der Waals surface area contributed by atoms with E-state index < -0.39 is 11.7 Å². The summed E-state index contributed by atoms with van der Waals surface area (Å²) in [6, 6.07) is 13.2. The molecule has 0 unspecified atom stereocenters. The summed E-state index contributed by atoms with van der Waals surface area (Å²) >= 11 is 7.60. The van der Waals surface area contributed by atoms with E-state index in [4.69, 9.17) is 11.6 Å². The van der Waals surface area contributed by atoms with Crippen LogP contribution in [0.25, 0.3) is 10.6 Å². The highest BCUT2D eigenvalue weighted by Gasteiger charge is 2.27. The predicted octanol–water partition coefficient (Wildman–Crippen LogP) is 4.64. The number of hydrogen-bond acceptors (Lipinski definition) is 4. The second-order valence-corrected chi connectivity index (χ2v) is 8.30. The Kier molecular flexibility index (Phi) is 6.11. The van der Waals surface area contributed by atoms with Crippen molar-refractivity contribution < 1.29 is 14.0 Å². The minimum absolute atomic E-state index is 0.0329. The van der Waals surface area contributed by atoms with E-state index in [0.29, 0.717) is 41.7 Å². The number of hydrogen-bond donors (Lipinski definition) is 1. The molecular weight excluding hydrogens is 425 g/mol. The van der Waals surface area contributed by atoms with Crippen molar-refractivity contribution in [2.24, 2.45) is 0 Å². The molecule has 2 aromatic carbocycles. The fraction of sp³-hybridized carbons (Fsp3) is 0.227. The van der Waals surface area contributed by atoms with Crippen LogP contribution in [0, 0.1) is 5.82 Å². The van der Waals surface area contributed by atoms with Gasteiger partial charge in [-0.05, 0) is 31.0 Å². The molecule has 1 aliphatic rings. The SMILES string of the molecule is O=C(NC1CCN(C(=O)c2csc(-c3ccccc3Cl)n2)CC1)c1ccccc1F. The van der Waals surface area contributed by atoms with Gasteiger partial charge in [-0.3, -0.25) is 9.59 Å². The van der Waals surface area contributed by atoms with E-state index in [2.05, 4.69) is 10.3 Å². The van der Waals surface area contributed by atoms with E-state index in [1.165, 1.54) is 23.5 Å². The molecule has 0 spiro atoms. The summed E-state index contributed by atoms with van der Waals surface area (Å²) in [4.78, 5) is 31.3. The second kappa shape index (κ2) is 8.93. The van der Waals surface area contributed by atoms with Gasteiger partial charge in [0.15, 0.2) is 0 Å². The second-order valence-electron chi connectivity index (χ2n) is 7.04. The minimum Gasteiger partial charge on any atom is -0.349 e. The lowest BCUT2D eigenvalue weighted by molar-refractivity contribution is 0.0693.